The van der Waals surface area contributed by atoms with Gasteiger partial charge in [0.25, 0.3) is 11.5 Å². The van der Waals surface area contributed by atoms with Crippen LogP contribution >= 0.6 is 0 Å². The van der Waals surface area contributed by atoms with Crippen molar-refractivity contribution in [2.24, 2.45) is 5.10 Å². The van der Waals surface area contributed by atoms with Crippen LogP contribution in [0.5, 0.6) is 5.75 Å². The third kappa shape index (κ3) is 4.56. The second-order valence-electron chi connectivity index (χ2n) is 9.09. The molecule has 5 aromatic rings. The number of rotatable bonds is 6. The van der Waals surface area contributed by atoms with E-state index in [0.717, 1.165) is 16.8 Å². The molecule has 2 aromatic heterocycles. The Labute approximate surface area is 222 Å². The molecule has 10 heteroatoms. The normalized spacial score (nSPS) is 15.0. The lowest BCUT2D eigenvalue weighted by Crippen LogP contribution is -2.34. The van der Waals surface area contributed by atoms with E-state index in [9.17, 15) is 14.0 Å². The van der Waals surface area contributed by atoms with Gasteiger partial charge >= 0.3 is 0 Å². The summed E-state index contributed by atoms with van der Waals surface area (Å²) in [7, 11) is 1.60. The molecule has 1 atom stereocenters. The fourth-order valence-electron chi connectivity index (χ4n) is 4.68. The molecule has 3 heterocycles. The van der Waals surface area contributed by atoms with Crippen molar-refractivity contribution in [2.45, 2.75) is 19.0 Å². The summed E-state index contributed by atoms with van der Waals surface area (Å²) in [6.07, 6.45) is 3.25. The van der Waals surface area contributed by atoms with Crippen LogP contribution in [-0.2, 0) is 11.3 Å². The number of aromatic nitrogens is 4. The van der Waals surface area contributed by atoms with E-state index >= 15 is 0 Å². The predicted molar refractivity (Wildman–Crippen MR) is 143 cm³/mol. The molecule has 9 nitrogen and oxygen atoms in total. The van der Waals surface area contributed by atoms with Crippen molar-refractivity contribution < 1.29 is 13.9 Å². The highest BCUT2D eigenvalue weighted by Gasteiger charge is 2.33. The van der Waals surface area contributed by atoms with Gasteiger partial charge < -0.3 is 4.74 Å². The van der Waals surface area contributed by atoms with E-state index in [1.54, 1.807) is 19.2 Å². The Balaban J connectivity index is 1.32. The van der Waals surface area contributed by atoms with Crippen LogP contribution in [0.2, 0.25) is 0 Å². The Morgan fingerprint density at radius 1 is 1.03 bits per heavy atom. The number of hydrogen-bond donors (Lipinski definition) is 0. The highest BCUT2D eigenvalue weighted by molar-refractivity contribution is 6.03. The summed E-state index contributed by atoms with van der Waals surface area (Å²) in [5.41, 5.74) is 3.09. The minimum Gasteiger partial charge on any atom is -0.497 e. The van der Waals surface area contributed by atoms with Gasteiger partial charge in [-0.2, -0.15) is 10.2 Å². The van der Waals surface area contributed by atoms with Gasteiger partial charge in [0.15, 0.2) is 5.65 Å². The van der Waals surface area contributed by atoms with E-state index in [0.29, 0.717) is 23.5 Å². The van der Waals surface area contributed by atoms with Crippen LogP contribution in [-0.4, -0.2) is 43.1 Å². The van der Waals surface area contributed by atoms with E-state index in [2.05, 4.69) is 15.2 Å². The molecule has 0 radical (unpaired) electrons. The maximum atomic E-state index is 13.6. The summed E-state index contributed by atoms with van der Waals surface area (Å²) in [6, 6.07) is 22.6. The van der Waals surface area contributed by atoms with Crippen molar-refractivity contribution in [3.05, 3.63) is 119 Å². The van der Waals surface area contributed by atoms with E-state index in [1.165, 1.54) is 38.9 Å². The maximum Gasteiger partial charge on any atom is 0.264 e. The third-order valence-corrected chi connectivity index (χ3v) is 6.70. The van der Waals surface area contributed by atoms with Crippen molar-refractivity contribution in [1.29, 1.82) is 0 Å². The number of hydrazone groups is 1. The lowest BCUT2D eigenvalue weighted by atomic mass is 9.98. The number of carbonyl (C=O) groups is 1. The molecule has 0 N–H and O–H groups in total. The first-order valence-electron chi connectivity index (χ1n) is 12.3. The van der Waals surface area contributed by atoms with Crippen molar-refractivity contribution in [2.75, 3.05) is 7.11 Å². The van der Waals surface area contributed by atoms with Gasteiger partial charge in [0.2, 0.25) is 0 Å². The number of halogens is 1. The molecule has 0 bridgehead atoms. The number of hydrogen-bond acceptors (Lipinski definition) is 6. The number of carbonyl (C=O) groups excluding carboxylic acids is 1. The van der Waals surface area contributed by atoms with Crippen LogP contribution in [0.15, 0.2) is 101 Å². The molecule has 1 aliphatic rings. The van der Waals surface area contributed by atoms with Gasteiger partial charge in [0, 0.05) is 6.42 Å². The second-order valence-corrected chi connectivity index (χ2v) is 9.09. The zero-order valence-electron chi connectivity index (χ0n) is 20.9. The molecule has 0 saturated carbocycles. The van der Waals surface area contributed by atoms with Crippen molar-refractivity contribution in [3.8, 4) is 11.4 Å². The molecule has 0 spiro atoms. The van der Waals surface area contributed by atoms with Crippen LogP contribution in [0.1, 0.15) is 23.6 Å². The number of fused-ring (bicyclic) bond motifs is 1. The Morgan fingerprint density at radius 3 is 2.49 bits per heavy atom. The molecule has 194 valence electrons. The van der Waals surface area contributed by atoms with Crippen LogP contribution in [0.3, 0.4) is 0 Å². The largest absolute Gasteiger partial charge is 0.497 e. The fourth-order valence-corrected chi connectivity index (χ4v) is 4.68. The molecule has 0 fully saturated rings. The van der Waals surface area contributed by atoms with Crippen molar-refractivity contribution >= 4 is 22.7 Å². The highest BCUT2D eigenvalue weighted by Crippen LogP contribution is 2.33. The van der Waals surface area contributed by atoms with Crippen molar-refractivity contribution in [1.82, 2.24) is 24.3 Å². The summed E-state index contributed by atoms with van der Waals surface area (Å²) in [5, 5.41) is 10.6. The second kappa shape index (κ2) is 9.97. The average Bonchev–Trinajstić information content (AvgIpc) is 3.61. The van der Waals surface area contributed by atoms with Crippen molar-refractivity contribution in [3.63, 3.8) is 0 Å². The Hall–Kier alpha value is -5.12. The standard InChI is InChI=1S/C29H23FN6O3/c1-39-23-13-7-20(8-14-23)26-15-25(19-5-3-2-4-6-19)33-36(26)27(37)17-34-18-31-28-24(29(34)38)16-32-35(28)22-11-9-21(30)10-12-22/h2-14,16,18,26H,15,17H2,1H3/t26-/m1/s1. The molecule has 39 heavy (non-hydrogen) atoms. The monoisotopic (exact) mass is 522 g/mol. The summed E-state index contributed by atoms with van der Waals surface area (Å²) < 4.78 is 21.3. The zero-order chi connectivity index (χ0) is 26.9. The molecule has 1 aliphatic heterocycles. The van der Waals surface area contributed by atoms with Gasteiger partial charge in [-0.3, -0.25) is 14.2 Å². The van der Waals surface area contributed by atoms with Crippen LogP contribution in [0.4, 0.5) is 4.39 Å². The molecular weight excluding hydrogens is 499 g/mol. The van der Waals surface area contributed by atoms with E-state index in [1.807, 2.05) is 54.6 Å². The van der Waals surface area contributed by atoms with E-state index < -0.39 is 5.56 Å². The van der Waals surface area contributed by atoms with E-state index in [4.69, 9.17) is 4.74 Å². The van der Waals surface area contributed by atoms with Gasteiger partial charge in [-0.05, 0) is 47.5 Å². The molecular formula is C29H23FN6O3. The quantitative estimate of drug-likeness (QED) is 0.335. The number of nitrogens with zero attached hydrogens (tertiary/aromatic N) is 6. The first-order valence-corrected chi connectivity index (χ1v) is 12.3. The van der Waals surface area contributed by atoms with Gasteiger partial charge in [-0.1, -0.05) is 42.5 Å². The number of benzene rings is 3. The fraction of sp³-hybridized carbons (Fsp3) is 0.138. The van der Waals surface area contributed by atoms with Crippen LogP contribution in [0, 0.1) is 5.82 Å². The molecule has 0 aliphatic carbocycles. The lowest BCUT2D eigenvalue weighted by molar-refractivity contribution is -0.133. The topological polar surface area (TPSA) is 94.6 Å². The summed E-state index contributed by atoms with van der Waals surface area (Å²) in [6.45, 7) is -0.248. The van der Waals surface area contributed by atoms with Gasteiger partial charge in [-0.15, -0.1) is 0 Å². The average molecular weight is 523 g/mol. The molecule has 0 saturated heterocycles. The first-order chi connectivity index (χ1) is 19.0. The predicted octanol–water partition coefficient (Wildman–Crippen LogP) is 4.11. The molecule has 6 rings (SSSR count). The minimum atomic E-state index is -0.408. The zero-order valence-corrected chi connectivity index (χ0v) is 20.9. The summed E-state index contributed by atoms with van der Waals surface area (Å²) >= 11 is 0. The smallest absolute Gasteiger partial charge is 0.264 e. The minimum absolute atomic E-state index is 0.247. The molecule has 1 amide bonds. The Bertz CT molecular complexity index is 1740. The molecule has 3 aromatic carbocycles. The first kappa shape index (κ1) is 24.2. The van der Waals surface area contributed by atoms with E-state index in [-0.39, 0.29) is 29.7 Å². The number of methoxy groups -OCH3 is 1. The van der Waals surface area contributed by atoms with Crippen LogP contribution < -0.4 is 10.3 Å². The van der Waals surface area contributed by atoms with Crippen LogP contribution in [0.25, 0.3) is 16.7 Å². The van der Waals surface area contributed by atoms with Gasteiger partial charge in [-0.25, -0.2) is 19.1 Å². The lowest BCUT2D eigenvalue weighted by Gasteiger charge is -2.22. The molecule has 0 unspecified atom stereocenters. The Kier molecular flexibility index (Phi) is 6.20. The Morgan fingerprint density at radius 2 is 1.77 bits per heavy atom. The number of amides is 1. The summed E-state index contributed by atoms with van der Waals surface area (Å²) in [5.74, 6) is -0.0150. The van der Waals surface area contributed by atoms with Gasteiger partial charge in [0.05, 0.1) is 30.7 Å². The maximum absolute atomic E-state index is 13.6. The summed E-state index contributed by atoms with van der Waals surface area (Å²) in [4.78, 5) is 31.3. The highest BCUT2D eigenvalue weighted by atomic mass is 19.1. The van der Waals surface area contributed by atoms with Gasteiger partial charge in [0.1, 0.15) is 29.8 Å². The SMILES string of the molecule is COc1ccc([C@H]2CC(c3ccccc3)=NN2C(=O)Cn2cnc3c(cnn3-c3ccc(F)cc3)c2=O)cc1. The third-order valence-electron chi connectivity index (χ3n) is 6.70. The number of ether oxygens (including phenoxy) is 1.